The third-order valence-corrected chi connectivity index (χ3v) is 2.09. The lowest BCUT2D eigenvalue weighted by Crippen LogP contribution is -2.17. The predicted molar refractivity (Wildman–Crippen MR) is 50.5 cm³/mol. The highest BCUT2D eigenvalue weighted by molar-refractivity contribution is 5.78. The second-order valence-corrected chi connectivity index (χ2v) is 3.14. The van der Waals surface area contributed by atoms with E-state index in [4.69, 9.17) is 10.8 Å². The summed E-state index contributed by atoms with van der Waals surface area (Å²) in [5.74, 6) is -0.422. The molecule has 0 fully saturated rings. The van der Waals surface area contributed by atoms with E-state index in [1.165, 1.54) is 12.1 Å². The molecule has 0 amide bonds. The molecule has 1 aromatic carbocycles. The normalized spacial score (nSPS) is 12.6. The molecule has 1 aromatic rings. The molecular formula is C10H12FNO2. The lowest BCUT2D eigenvalue weighted by Gasteiger charge is -2.12. The predicted octanol–water partition coefficient (Wildman–Crippen LogP) is 0.939. The molecule has 3 nitrogen and oxygen atoms in total. The number of halogens is 1. The highest BCUT2D eigenvalue weighted by atomic mass is 19.1. The first-order chi connectivity index (χ1) is 6.60. The van der Waals surface area contributed by atoms with Crippen LogP contribution in [0.2, 0.25) is 0 Å². The zero-order valence-electron chi connectivity index (χ0n) is 7.83. The molecular weight excluding hydrogens is 185 g/mol. The highest BCUT2D eigenvalue weighted by Crippen LogP contribution is 2.19. The minimum Gasteiger partial charge on any atom is -0.394 e. The van der Waals surface area contributed by atoms with E-state index in [0.29, 0.717) is 23.0 Å². The van der Waals surface area contributed by atoms with Crippen LogP contribution >= 0.6 is 0 Å². The number of rotatable bonds is 3. The molecule has 0 bridgehead atoms. The van der Waals surface area contributed by atoms with E-state index in [2.05, 4.69) is 0 Å². The number of aryl methyl sites for hydroxylation is 1. The van der Waals surface area contributed by atoms with Gasteiger partial charge < -0.3 is 10.8 Å². The number of hydrogen-bond donors (Lipinski definition) is 2. The largest absolute Gasteiger partial charge is 0.394 e. The third kappa shape index (κ3) is 1.97. The van der Waals surface area contributed by atoms with E-state index in [-0.39, 0.29) is 6.61 Å². The van der Waals surface area contributed by atoms with E-state index >= 15 is 0 Å². The van der Waals surface area contributed by atoms with Crippen molar-refractivity contribution in [3.05, 3.63) is 34.6 Å². The summed E-state index contributed by atoms with van der Waals surface area (Å²) in [6, 6.07) is 1.90. The minimum atomic E-state index is -0.717. The number of hydrogen-bond acceptors (Lipinski definition) is 3. The molecule has 0 aliphatic heterocycles. The van der Waals surface area contributed by atoms with E-state index in [0.717, 1.165) is 0 Å². The van der Waals surface area contributed by atoms with Crippen molar-refractivity contribution in [2.24, 2.45) is 5.73 Å². The Morgan fingerprint density at radius 1 is 1.64 bits per heavy atom. The molecule has 1 atom stereocenters. The fourth-order valence-electron chi connectivity index (χ4n) is 1.24. The van der Waals surface area contributed by atoms with Gasteiger partial charge in [-0.15, -0.1) is 0 Å². The van der Waals surface area contributed by atoms with Gasteiger partial charge in [0.05, 0.1) is 12.6 Å². The molecule has 76 valence electrons. The van der Waals surface area contributed by atoms with Crippen molar-refractivity contribution in [1.29, 1.82) is 0 Å². The number of nitrogens with two attached hydrogens (primary N) is 1. The van der Waals surface area contributed by atoms with Crippen molar-refractivity contribution < 1.29 is 14.3 Å². The van der Waals surface area contributed by atoms with Gasteiger partial charge in [-0.1, -0.05) is 0 Å². The monoisotopic (exact) mass is 197 g/mol. The van der Waals surface area contributed by atoms with Crippen LogP contribution in [-0.4, -0.2) is 18.0 Å². The highest BCUT2D eigenvalue weighted by Gasteiger charge is 2.12. The molecule has 0 saturated carbocycles. The van der Waals surface area contributed by atoms with Crippen LogP contribution in [0.4, 0.5) is 4.39 Å². The summed E-state index contributed by atoms with van der Waals surface area (Å²) < 4.78 is 13.1. The minimum absolute atomic E-state index is 0.316. The average Bonchev–Trinajstić information content (AvgIpc) is 2.20. The topological polar surface area (TPSA) is 63.3 Å². The van der Waals surface area contributed by atoms with E-state index in [1.807, 2.05) is 0 Å². The van der Waals surface area contributed by atoms with Crippen LogP contribution in [0.1, 0.15) is 27.5 Å². The van der Waals surface area contributed by atoms with Gasteiger partial charge in [-0.2, -0.15) is 0 Å². The van der Waals surface area contributed by atoms with Crippen molar-refractivity contribution in [2.45, 2.75) is 13.0 Å². The summed E-state index contributed by atoms with van der Waals surface area (Å²) in [6.07, 6.45) is 0.608. The summed E-state index contributed by atoms with van der Waals surface area (Å²) in [5, 5.41) is 8.80. The molecule has 14 heavy (non-hydrogen) atoms. The smallest absolute Gasteiger partial charge is 0.150 e. The van der Waals surface area contributed by atoms with Gasteiger partial charge in [-0.25, -0.2) is 4.39 Å². The first-order valence-corrected chi connectivity index (χ1v) is 4.21. The van der Waals surface area contributed by atoms with Crippen LogP contribution in [0.25, 0.3) is 0 Å². The number of carbonyl (C=O) groups excluding carboxylic acids is 1. The maximum atomic E-state index is 13.1. The average molecular weight is 197 g/mol. The number of benzene rings is 1. The Hall–Kier alpha value is -1.26. The molecule has 0 aliphatic carbocycles. The Kier molecular flexibility index (Phi) is 3.33. The Balaban J connectivity index is 3.26. The van der Waals surface area contributed by atoms with E-state index < -0.39 is 11.9 Å². The van der Waals surface area contributed by atoms with E-state index in [9.17, 15) is 9.18 Å². The quantitative estimate of drug-likeness (QED) is 0.709. The Labute approximate surface area is 81.4 Å². The van der Waals surface area contributed by atoms with Gasteiger partial charge in [0.15, 0.2) is 0 Å². The van der Waals surface area contributed by atoms with Crippen LogP contribution in [-0.2, 0) is 0 Å². The summed E-state index contributed by atoms with van der Waals surface area (Å²) in [7, 11) is 0. The standard InChI is InChI=1S/C10H12FNO2/c1-6-2-7(4-13)8(3-9(6)11)10(12)5-14/h2-4,10,14H,5,12H2,1H3. The van der Waals surface area contributed by atoms with Crippen molar-refractivity contribution in [3.8, 4) is 0 Å². The van der Waals surface area contributed by atoms with Gasteiger partial charge in [0.1, 0.15) is 12.1 Å². The molecule has 0 saturated heterocycles. The molecule has 1 rings (SSSR count). The second kappa shape index (κ2) is 4.30. The summed E-state index contributed by atoms with van der Waals surface area (Å²) in [4.78, 5) is 10.7. The van der Waals surface area contributed by atoms with Gasteiger partial charge in [-0.3, -0.25) is 4.79 Å². The van der Waals surface area contributed by atoms with Gasteiger partial charge in [0, 0.05) is 5.56 Å². The van der Waals surface area contributed by atoms with Crippen LogP contribution in [0.3, 0.4) is 0 Å². The summed E-state index contributed by atoms with van der Waals surface area (Å²) >= 11 is 0. The first-order valence-electron chi connectivity index (χ1n) is 4.21. The van der Waals surface area contributed by atoms with Gasteiger partial charge in [0.2, 0.25) is 0 Å². The first kappa shape index (κ1) is 10.8. The van der Waals surface area contributed by atoms with Gasteiger partial charge in [0.25, 0.3) is 0 Å². The van der Waals surface area contributed by atoms with Crippen molar-refractivity contribution in [2.75, 3.05) is 6.61 Å². The molecule has 0 heterocycles. The second-order valence-electron chi connectivity index (χ2n) is 3.14. The molecule has 3 N–H and O–H groups in total. The number of aliphatic hydroxyl groups is 1. The molecule has 4 heteroatoms. The van der Waals surface area contributed by atoms with Crippen molar-refractivity contribution in [1.82, 2.24) is 0 Å². The fraction of sp³-hybridized carbons (Fsp3) is 0.300. The van der Waals surface area contributed by atoms with Gasteiger partial charge >= 0.3 is 0 Å². The number of carbonyl (C=O) groups is 1. The fourth-order valence-corrected chi connectivity index (χ4v) is 1.24. The van der Waals surface area contributed by atoms with Crippen LogP contribution < -0.4 is 5.73 Å². The Morgan fingerprint density at radius 2 is 2.29 bits per heavy atom. The lowest BCUT2D eigenvalue weighted by molar-refractivity contribution is 0.112. The van der Waals surface area contributed by atoms with Crippen LogP contribution in [0.5, 0.6) is 0 Å². The maximum Gasteiger partial charge on any atom is 0.150 e. The summed E-state index contributed by atoms with van der Waals surface area (Å²) in [5.41, 5.74) is 6.57. The van der Waals surface area contributed by atoms with Crippen LogP contribution in [0.15, 0.2) is 12.1 Å². The molecule has 0 aromatic heterocycles. The zero-order valence-corrected chi connectivity index (χ0v) is 7.83. The van der Waals surface area contributed by atoms with Crippen LogP contribution in [0, 0.1) is 12.7 Å². The van der Waals surface area contributed by atoms with Crippen molar-refractivity contribution >= 4 is 6.29 Å². The zero-order chi connectivity index (χ0) is 10.7. The molecule has 0 aliphatic rings. The number of aldehydes is 1. The number of aliphatic hydroxyl groups excluding tert-OH is 1. The lowest BCUT2D eigenvalue weighted by atomic mass is 9.99. The van der Waals surface area contributed by atoms with E-state index in [1.54, 1.807) is 6.92 Å². The molecule has 1 unspecified atom stereocenters. The summed E-state index contributed by atoms with van der Waals surface area (Å²) in [6.45, 7) is 1.25. The molecule has 0 spiro atoms. The SMILES string of the molecule is Cc1cc(C=O)c(C(N)CO)cc1F. The maximum absolute atomic E-state index is 13.1. The third-order valence-electron chi connectivity index (χ3n) is 2.09. The molecule has 0 radical (unpaired) electrons. The van der Waals surface area contributed by atoms with Gasteiger partial charge in [-0.05, 0) is 30.2 Å². The Morgan fingerprint density at radius 3 is 2.79 bits per heavy atom. The van der Waals surface area contributed by atoms with Crippen molar-refractivity contribution in [3.63, 3.8) is 0 Å². The Bertz CT molecular complexity index is 352.